The number of carbonyl (C=O) groups is 3. The van der Waals surface area contributed by atoms with E-state index >= 15 is 0 Å². The van der Waals surface area contributed by atoms with Crippen molar-refractivity contribution in [2.75, 3.05) is 13.1 Å². The molecule has 0 bridgehead atoms. The van der Waals surface area contributed by atoms with Crippen molar-refractivity contribution in [3.05, 3.63) is 35.9 Å². The first kappa shape index (κ1) is 16.0. The summed E-state index contributed by atoms with van der Waals surface area (Å²) < 4.78 is 0. The molecule has 0 saturated carbocycles. The van der Waals surface area contributed by atoms with Crippen LogP contribution in [0, 0.1) is 0 Å². The van der Waals surface area contributed by atoms with Crippen molar-refractivity contribution >= 4 is 17.7 Å². The number of amides is 3. The molecule has 6 heteroatoms. The van der Waals surface area contributed by atoms with Gasteiger partial charge in [-0.2, -0.15) is 0 Å². The van der Waals surface area contributed by atoms with Crippen molar-refractivity contribution < 1.29 is 14.4 Å². The van der Waals surface area contributed by atoms with E-state index in [0.29, 0.717) is 18.5 Å². The molecular formula is C16H21N3O3. The molecule has 22 heavy (non-hydrogen) atoms. The average molecular weight is 303 g/mol. The summed E-state index contributed by atoms with van der Waals surface area (Å²) in [5.41, 5.74) is 0.511. The van der Waals surface area contributed by atoms with E-state index in [1.807, 2.05) is 19.9 Å². The molecular weight excluding hydrogens is 282 g/mol. The zero-order valence-electron chi connectivity index (χ0n) is 12.8. The van der Waals surface area contributed by atoms with Crippen LogP contribution in [0.25, 0.3) is 0 Å². The Morgan fingerprint density at radius 3 is 2.55 bits per heavy atom. The molecule has 118 valence electrons. The maximum Gasteiger partial charge on any atom is 0.251 e. The Morgan fingerprint density at radius 1 is 1.27 bits per heavy atom. The van der Waals surface area contributed by atoms with Gasteiger partial charge in [-0.3, -0.25) is 14.4 Å². The number of nitrogens with one attached hydrogen (secondary N) is 2. The molecule has 2 rings (SSSR count). The minimum atomic E-state index is -0.290. The molecule has 1 aromatic rings. The first-order valence-corrected chi connectivity index (χ1v) is 7.39. The number of benzene rings is 1. The molecule has 0 spiro atoms. The monoisotopic (exact) mass is 303 g/mol. The van der Waals surface area contributed by atoms with Crippen molar-refractivity contribution in [3.63, 3.8) is 0 Å². The quantitative estimate of drug-likeness (QED) is 0.833. The Labute approximate surface area is 129 Å². The number of hydrogen-bond donors (Lipinski definition) is 2. The van der Waals surface area contributed by atoms with Gasteiger partial charge in [0.2, 0.25) is 11.8 Å². The molecule has 0 aliphatic carbocycles. The van der Waals surface area contributed by atoms with Crippen molar-refractivity contribution in [1.29, 1.82) is 0 Å². The second-order valence-corrected chi connectivity index (χ2v) is 5.66. The molecule has 1 atom stereocenters. The molecule has 3 amide bonds. The SMILES string of the molecule is CC(C)N1CC(NC(=O)CNC(=O)c2ccccc2)CC1=O. The minimum Gasteiger partial charge on any atom is -0.350 e. The van der Waals surface area contributed by atoms with E-state index in [1.165, 1.54) is 0 Å². The van der Waals surface area contributed by atoms with Crippen molar-refractivity contribution in [2.45, 2.75) is 32.4 Å². The third kappa shape index (κ3) is 4.07. The molecule has 1 unspecified atom stereocenters. The van der Waals surface area contributed by atoms with Gasteiger partial charge in [-0.15, -0.1) is 0 Å². The maximum absolute atomic E-state index is 11.9. The van der Waals surface area contributed by atoms with Crippen LogP contribution in [0.2, 0.25) is 0 Å². The van der Waals surface area contributed by atoms with Crippen molar-refractivity contribution in [2.24, 2.45) is 0 Å². The van der Waals surface area contributed by atoms with Gasteiger partial charge in [-0.1, -0.05) is 18.2 Å². The van der Waals surface area contributed by atoms with E-state index in [1.54, 1.807) is 29.2 Å². The topological polar surface area (TPSA) is 78.5 Å². The van der Waals surface area contributed by atoms with Crippen LogP contribution >= 0.6 is 0 Å². The summed E-state index contributed by atoms with van der Waals surface area (Å²) in [6.45, 7) is 4.32. The lowest BCUT2D eigenvalue weighted by Crippen LogP contribution is -2.43. The normalized spacial score (nSPS) is 17.7. The van der Waals surface area contributed by atoms with Crippen LogP contribution in [0.3, 0.4) is 0 Å². The zero-order valence-corrected chi connectivity index (χ0v) is 12.8. The Hall–Kier alpha value is -2.37. The zero-order chi connectivity index (χ0) is 16.1. The number of carbonyl (C=O) groups excluding carboxylic acids is 3. The van der Waals surface area contributed by atoms with E-state index < -0.39 is 0 Å². The molecule has 1 aliphatic heterocycles. The highest BCUT2D eigenvalue weighted by Crippen LogP contribution is 2.13. The highest BCUT2D eigenvalue weighted by atomic mass is 16.2. The van der Waals surface area contributed by atoms with E-state index in [-0.39, 0.29) is 36.3 Å². The van der Waals surface area contributed by atoms with Crippen LogP contribution in [-0.4, -0.2) is 47.8 Å². The van der Waals surface area contributed by atoms with E-state index in [2.05, 4.69) is 10.6 Å². The fourth-order valence-electron chi connectivity index (χ4n) is 2.46. The highest BCUT2D eigenvalue weighted by Gasteiger charge is 2.31. The summed E-state index contributed by atoms with van der Waals surface area (Å²) >= 11 is 0. The average Bonchev–Trinajstić information content (AvgIpc) is 2.86. The Balaban J connectivity index is 1.77. The predicted molar refractivity (Wildman–Crippen MR) is 82.2 cm³/mol. The molecule has 1 fully saturated rings. The van der Waals surface area contributed by atoms with Gasteiger partial charge < -0.3 is 15.5 Å². The van der Waals surface area contributed by atoms with E-state index in [0.717, 1.165) is 0 Å². The van der Waals surface area contributed by atoms with Gasteiger partial charge in [0.15, 0.2) is 0 Å². The first-order chi connectivity index (χ1) is 10.5. The largest absolute Gasteiger partial charge is 0.350 e. The summed E-state index contributed by atoms with van der Waals surface area (Å²) in [4.78, 5) is 37.2. The summed E-state index contributed by atoms with van der Waals surface area (Å²) in [6, 6.07) is 8.66. The molecule has 1 saturated heterocycles. The Morgan fingerprint density at radius 2 is 1.95 bits per heavy atom. The fourth-order valence-corrected chi connectivity index (χ4v) is 2.46. The summed E-state index contributed by atoms with van der Waals surface area (Å²) in [5, 5.41) is 5.35. The van der Waals surface area contributed by atoms with E-state index in [9.17, 15) is 14.4 Å². The van der Waals surface area contributed by atoms with Crippen LogP contribution in [0.4, 0.5) is 0 Å². The first-order valence-electron chi connectivity index (χ1n) is 7.39. The number of nitrogens with zero attached hydrogens (tertiary/aromatic N) is 1. The number of likely N-dealkylation sites (tertiary alicyclic amines) is 1. The molecule has 6 nitrogen and oxygen atoms in total. The predicted octanol–water partition coefficient (Wildman–Crippen LogP) is 0.542. The van der Waals surface area contributed by atoms with Gasteiger partial charge in [0, 0.05) is 24.6 Å². The Kier molecular flexibility index (Phi) is 5.14. The van der Waals surface area contributed by atoms with Crippen LogP contribution < -0.4 is 10.6 Å². The molecule has 2 N–H and O–H groups in total. The van der Waals surface area contributed by atoms with Gasteiger partial charge in [0.1, 0.15) is 0 Å². The summed E-state index contributed by atoms with van der Waals surface area (Å²) in [7, 11) is 0. The van der Waals surface area contributed by atoms with Crippen LogP contribution in [0.15, 0.2) is 30.3 Å². The van der Waals surface area contributed by atoms with Crippen molar-refractivity contribution in [1.82, 2.24) is 15.5 Å². The second-order valence-electron chi connectivity index (χ2n) is 5.66. The van der Waals surface area contributed by atoms with Crippen LogP contribution in [-0.2, 0) is 9.59 Å². The van der Waals surface area contributed by atoms with Gasteiger partial charge >= 0.3 is 0 Å². The third-order valence-electron chi connectivity index (χ3n) is 3.59. The van der Waals surface area contributed by atoms with E-state index in [4.69, 9.17) is 0 Å². The van der Waals surface area contributed by atoms with Gasteiger partial charge in [-0.05, 0) is 26.0 Å². The Bertz CT molecular complexity index is 557. The standard InChI is InChI=1S/C16H21N3O3/c1-11(2)19-10-13(8-15(19)21)18-14(20)9-17-16(22)12-6-4-3-5-7-12/h3-7,11,13H,8-10H2,1-2H3,(H,17,22)(H,18,20). The lowest BCUT2D eigenvalue weighted by Gasteiger charge is -2.21. The van der Waals surface area contributed by atoms with Gasteiger partial charge in [0.05, 0.1) is 12.6 Å². The molecule has 1 heterocycles. The van der Waals surface area contributed by atoms with Crippen molar-refractivity contribution in [3.8, 4) is 0 Å². The lowest BCUT2D eigenvalue weighted by molar-refractivity contribution is -0.129. The minimum absolute atomic E-state index is 0.0496. The van der Waals surface area contributed by atoms with Gasteiger partial charge in [0.25, 0.3) is 5.91 Å². The fraction of sp³-hybridized carbons (Fsp3) is 0.438. The van der Waals surface area contributed by atoms with Crippen LogP contribution in [0.5, 0.6) is 0 Å². The summed E-state index contributed by atoms with van der Waals surface area (Å²) in [5.74, 6) is -0.525. The lowest BCUT2D eigenvalue weighted by atomic mass is 10.2. The highest BCUT2D eigenvalue weighted by molar-refractivity contribution is 5.96. The molecule has 1 aromatic carbocycles. The summed E-state index contributed by atoms with van der Waals surface area (Å²) in [6.07, 6.45) is 0.316. The van der Waals surface area contributed by atoms with Crippen LogP contribution in [0.1, 0.15) is 30.6 Å². The van der Waals surface area contributed by atoms with Gasteiger partial charge in [-0.25, -0.2) is 0 Å². The second kappa shape index (κ2) is 7.06. The maximum atomic E-state index is 11.9. The number of hydrogen-bond acceptors (Lipinski definition) is 3. The third-order valence-corrected chi connectivity index (χ3v) is 3.59. The molecule has 1 aliphatic rings. The molecule has 0 aromatic heterocycles. The number of rotatable bonds is 5. The molecule has 0 radical (unpaired) electrons. The smallest absolute Gasteiger partial charge is 0.251 e.